The van der Waals surface area contributed by atoms with Crippen molar-refractivity contribution < 1.29 is 18.3 Å². The molecule has 0 saturated heterocycles. The summed E-state index contributed by atoms with van der Waals surface area (Å²) in [6.45, 7) is 1.18. The number of ether oxygens (including phenoxy) is 1. The Morgan fingerprint density at radius 2 is 2.12 bits per heavy atom. The van der Waals surface area contributed by atoms with Crippen LogP contribution in [-0.2, 0) is 9.53 Å². The van der Waals surface area contributed by atoms with E-state index in [2.05, 4.69) is 4.74 Å². The van der Waals surface area contributed by atoms with E-state index in [0.717, 1.165) is 20.0 Å². The van der Waals surface area contributed by atoms with Crippen LogP contribution in [0.3, 0.4) is 0 Å². The molecule has 0 atom stereocenters. The molecule has 0 amide bonds. The van der Waals surface area contributed by atoms with Gasteiger partial charge in [-0.15, -0.1) is 0 Å². The van der Waals surface area contributed by atoms with Crippen molar-refractivity contribution in [2.75, 3.05) is 7.11 Å². The summed E-state index contributed by atoms with van der Waals surface area (Å²) in [5.41, 5.74) is -0.754. The summed E-state index contributed by atoms with van der Waals surface area (Å²) in [5.74, 6) is -3.85. The van der Waals surface area contributed by atoms with Crippen molar-refractivity contribution in [2.24, 2.45) is 5.92 Å². The minimum atomic E-state index is -3.02. The Balaban J connectivity index is 2.87. The van der Waals surface area contributed by atoms with Crippen LogP contribution in [0.5, 0.6) is 0 Å². The standard InChI is InChI=1S/C10H14ClF2NO2/c1-6(8(14-11)9(15)16-2)10(12,13)5-7-3-4-7/h7,14H,3-5H2,1-2H3. The Bertz CT molecular complexity index is 314. The molecule has 1 aliphatic rings. The lowest BCUT2D eigenvalue weighted by molar-refractivity contribution is -0.136. The third-order valence-corrected chi connectivity index (χ3v) is 2.84. The van der Waals surface area contributed by atoms with Crippen LogP contribution in [-0.4, -0.2) is 19.0 Å². The predicted molar refractivity (Wildman–Crippen MR) is 56.0 cm³/mol. The fraction of sp³-hybridized carbons (Fsp3) is 0.700. The van der Waals surface area contributed by atoms with Crippen molar-refractivity contribution in [1.82, 2.24) is 4.84 Å². The van der Waals surface area contributed by atoms with E-state index >= 15 is 0 Å². The fourth-order valence-electron chi connectivity index (χ4n) is 1.39. The average Bonchev–Trinajstić information content (AvgIpc) is 3.01. The van der Waals surface area contributed by atoms with Crippen LogP contribution >= 0.6 is 11.8 Å². The Morgan fingerprint density at radius 3 is 2.50 bits per heavy atom. The van der Waals surface area contributed by atoms with Crippen LogP contribution in [0.1, 0.15) is 26.2 Å². The molecule has 1 saturated carbocycles. The molecule has 1 N–H and O–H groups in total. The summed E-state index contributed by atoms with van der Waals surface area (Å²) in [7, 11) is 1.11. The summed E-state index contributed by atoms with van der Waals surface area (Å²) in [4.78, 5) is 13.1. The second kappa shape index (κ2) is 4.99. The van der Waals surface area contributed by atoms with Crippen molar-refractivity contribution in [3.05, 3.63) is 11.3 Å². The fourth-order valence-corrected chi connectivity index (χ4v) is 1.60. The van der Waals surface area contributed by atoms with Gasteiger partial charge in [0.25, 0.3) is 5.92 Å². The number of nitrogens with one attached hydrogen (secondary N) is 1. The van der Waals surface area contributed by atoms with E-state index in [1.807, 2.05) is 4.84 Å². The van der Waals surface area contributed by atoms with Crippen molar-refractivity contribution in [3.63, 3.8) is 0 Å². The van der Waals surface area contributed by atoms with Gasteiger partial charge in [0, 0.05) is 23.8 Å². The second-order valence-corrected chi connectivity index (χ2v) is 4.13. The molecule has 6 heteroatoms. The van der Waals surface area contributed by atoms with Crippen molar-refractivity contribution >= 4 is 17.7 Å². The molecule has 1 fully saturated rings. The Kier molecular flexibility index (Phi) is 4.13. The Hall–Kier alpha value is -0.840. The van der Waals surface area contributed by atoms with E-state index in [1.165, 1.54) is 6.92 Å². The number of hydrogen-bond donors (Lipinski definition) is 1. The summed E-state index contributed by atoms with van der Waals surface area (Å²) in [6.07, 6.45) is 1.41. The van der Waals surface area contributed by atoms with E-state index in [-0.39, 0.29) is 23.6 Å². The van der Waals surface area contributed by atoms with Crippen LogP contribution in [0.15, 0.2) is 11.3 Å². The largest absolute Gasteiger partial charge is 0.464 e. The summed E-state index contributed by atoms with van der Waals surface area (Å²) < 4.78 is 31.7. The number of hydrogen-bond acceptors (Lipinski definition) is 3. The van der Waals surface area contributed by atoms with Gasteiger partial charge >= 0.3 is 5.97 Å². The number of alkyl halides is 2. The predicted octanol–water partition coefficient (Wildman–Crippen LogP) is 2.61. The maximum atomic E-state index is 13.7. The zero-order valence-electron chi connectivity index (χ0n) is 9.15. The molecule has 0 heterocycles. The minimum Gasteiger partial charge on any atom is -0.464 e. The van der Waals surface area contributed by atoms with Crippen LogP contribution in [0, 0.1) is 5.92 Å². The summed E-state index contributed by atoms with van der Waals surface area (Å²) in [5, 5.41) is 0. The lowest BCUT2D eigenvalue weighted by atomic mass is 10.0. The van der Waals surface area contributed by atoms with Crippen LogP contribution in [0.2, 0.25) is 0 Å². The number of rotatable bonds is 5. The average molecular weight is 254 g/mol. The minimum absolute atomic E-state index is 0.0548. The van der Waals surface area contributed by atoms with Gasteiger partial charge < -0.3 is 4.74 Å². The number of carbonyl (C=O) groups excluding carboxylic acids is 1. The number of allylic oxidation sites excluding steroid dienone is 1. The van der Waals surface area contributed by atoms with Crippen molar-refractivity contribution in [1.29, 1.82) is 0 Å². The zero-order chi connectivity index (χ0) is 12.3. The lowest BCUT2D eigenvalue weighted by Gasteiger charge is -2.19. The van der Waals surface area contributed by atoms with Gasteiger partial charge in [-0.1, -0.05) is 0 Å². The quantitative estimate of drug-likeness (QED) is 0.465. The molecule has 1 rings (SSSR count). The number of halogens is 3. The van der Waals surface area contributed by atoms with Gasteiger partial charge in [0.2, 0.25) is 0 Å². The monoisotopic (exact) mass is 253 g/mol. The molecule has 0 unspecified atom stereocenters. The molecule has 1 aliphatic carbocycles. The normalized spacial score (nSPS) is 17.8. The van der Waals surface area contributed by atoms with Crippen LogP contribution < -0.4 is 4.84 Å². The third kappa shape index (κ3) is 3.07. The highest BCUT2D eigenvalue weighted by Crippen LogP contribution is 2.42. The molecule has 0 aromatic carbocycles. The maximum Gasteiger partial charge on any atom is 0.355 e. The van der Waals surface area contributed by atoms with Gasteiger partial charge in [-0.25, -0.2) is 13.6 Å². The first-order valence-corrected chi connectivity index (χ1v) is 5.34. The molecule has 0 aromatic rings. The SMILES string of the molecule is COC(=O)C(NCl)=C(C)C(F)(F)CC1CC1. The topological polar surface area (TPSA) is 38.3 Å². The van der Waals surface area contributed by atoms with E-state index in [1.54, 1.807) is 0 Å². The molecule has 0 bridgehead atoms. The molecule has 0 radical (unpaired) electrons. The Labute approximate surface area is 97.9 Å². The van der Waals surface area contributed by atoms with Crippen LogP contribution in [0.25, 0.3) is 0 Å². The molecular weight excluding hydrogens is 240 g/mol. The van der Waals surface area contributed by atoms with Gasteiger partial charge in [-0.2, -0.15) is 0 Å². The molecule has 0 aromatic heterocycles. The first-order valence-electron chi connectivity index (χ1n) is 4.96. The van der Waals surface area contributed by atoms with Crippen LogP contribution in [0.4, 0.5) is 8.78 Å². The van der Waals surface area contributed by atoms with Crippen molar-refractivity contribution in [2.45, 2.75) is 32.1 Å². The third-order valence-electron chi connectivity index (χ3n) is 2.65. The first-order chi connectivity index (χ1) is 7.42. The zero-order valence-corrected chi connectivity index (χ0v) is 9.90. The van der Waals surface area contributed by atoms with E-state index < -0.39 is 11.9 Å². The molecular formula is C10H14ClF2NO2. The number of esters is 1. The number of carbonyl (C=O) groups is 1. The smallest absolute Gasteiger partial charge is 0.355 e. The molecule has 3 nitrogen and oxygen atoms in total. The highest BCUT2D eigenvalue weighted by atomic mass is 35.5. The maximum absolute atomic E-state index is 13.7. The van der Waals surface area contributed by atoms with Gasteiger partial charge in [-0.05, 0) is 25.7 Å². The van der Waals surface area contributed by atoms with Gasteiger partial charge in [0.1, 0.15) is 5.70 Å². The molecule has 0 spiro atoms. The van der Waals surface area contributed by atoms with Gasteiger partial charge in [0.05, 0.1) is 7.11 Å². The highest BCUT2D eigenvalue weighted by Gasteiger charge is 2.41. The second-order valence-electron chi connectivity index (χ2n) is 3.94. The highest BCUT2D eigenvalue weighted by molar-refractivity contribution is 6.17. The lowest BCUT2D eigenvalue weighted by Crippen LogP contribution is -2.26. The molecule has 92 valence electrons. The van der Waals surface area contributed by atoms with E-state index in [0.29, 0.717) is 0 Å². The van der Waals surface area contributed by atoms with Gasteiger partial charge in [-0.3, -0.25) is 4.84 Å². The van der Waals surface area contributed by atoms with Gasteiger partial charge in [0.15, 0.2) is 0 Å². The number of methoxy groups -OCH3 is 1. The summed E-state index contributed by atoms with van der Waals surface area (Å²) >= 11 is 5.25. The molecule has 16 heavy (non-hydrogen) atoms. The molecule has 0 aliphatic heterocycles. The van der Waals surface area contributed by atoms with Crippen molar-refractivity contribution in [3.8, 4) is 0 Å². The van der Waals surface area contributed by atoms with E-state index in [4.69, 9.17) is 11.8 Å². The first kappa shape index (κ1) is 13.2. The Morgan fingerprint density at radius 1 is 1.56 bits per heavy atom. The van der Waals surface area contributed by atoms with E-state index in [9.17, 15) is 13.6 Å². The summed E-state index contributed by atoms with van der Waals surface area (Å²) in [6, 6.07) is 0.